The van der Waals surface area contributed by atoms with Crippen molar-refractivity contribution in [3.05, 3.63) is 70.7 Å². The third-order valence-corrected chi connectivity index (χ3v) is 7.58. The lowest BCUT2D eigenvalue weighted by Crippen LogP contribution is -2.39. The third-order valence-electron chi connectivity index (χ3n) is 6.02. The first-order chi connectivity index (χ1) is 15.6. The van der Waals surface area contributed by atoms with Gasteiger partial charge in [-0.15, -0.1) is 0 Å². The van der Waals surface area contributed by atoms with Crippen molar-refractivity contribution < 1.29 is 13.7 Å². The van der Waals surface area contributed by atoms with Crippen molar-refractivity contribution in [2.24, 2.45) is 5.92 Å². The number of carbonyl (C=O) groups is 1. The molecule has 4 rings (SSSR count). The van der Waals surface area contributed by atoms with Gasteiger partial charge in [-0.2, -0.15) is 11.8 Å². The maximum atomic E-state index is 14.6. The number of anilines is 1. The Morgan fingerprint density at radius 2 is 2.03 bits per heavy atom. The average Bonchev–Trinajstić information content (AvgIpc) is 3.16. The molecule has 0 aliphatic heterocycles. The van der Waals surface area contributed by atoms with E-state index in [4.69, 9.17) is 16.1 Å². The molecule has 1 aromatic heterocycles. The third kappa shape index (κ3) is 5.02. The minimum absolute atomic E-state index is 0.0194. The Morgan fingerprint density at radius 1 is 1.22 bits per heavy atom. The SMILES string of the molecule is Cc1onc(-c2c(F)cccc2Cl)c1N(C=O)C1CCCC(CSCc2ccccc2)C1. The van der Waals surface area contributed by atoms with E-state index < -0.39 is 5.82 Å². The number of benzene rings is 2. The summed E-state index contributed by atoms with van der Waals surface area (Å²) >= 11 is 8.21. The maximum Gasteiger partial charge on any atom is 0.214 e. The van der Waals surface area contributed by atoms with E-state index in [2.05, 4.69) is 29.4 Å². The number of nitrogens with zero attached hydrogens (tertiary/aromatic N) is 2. The molecule has 3 aromatic rings. The summed E-state index contributed by atoms with van der Waals surface area (Å²) in [5, 5.41) is 4.31. The van der Waals surface area contributed by atoms with E-state index >= 15 is 0 Å². The van der Waals surface area contributed by atoms with Gasteiger partial charge < -0.3 is 9.42 Å². The molecule has 0 bridgehead atoms. The fraction of sp³-hybridized carbons (Fsp3) is 0.360. The topological polar surface area (TPSA) is 46.3 Å². The standard InChI is InChI=1S/C25H26ClFN2O2S/c1-17-25(24(28-31-17)23-21(26)11-6-12-22(23)27)29(16-30)20-10-5-9-19(13-20)15-32-14-18-7-3-2-4-8-18/h2-4,6-8,11-12,16,19-20H,5,9-10,13-15H2,1H3. The summed E-state index contributed by atoms with van der Waals surface area (Å²) in [5.41, 5.74) is 2.28. The number of amides is 1. The number of aryl methyl sites for hydroxylation is 1. The van der Waals surface area contributed by atoms with Crippen LogP contribution in [0.5, 0.6) is 0 Å². The van der Waals surface area contributed by atoms with Crippen LogP contribution >= 0.6 is 23.4 Å². The van der Waals surface area contributed by atoms with Crippen molar-refractivity contribution in [1.82, 2.24) is 5.16 Å². The molecule has 168 valence electrons. The minimum Gasteiger partial charge on any atom is -0.359 e. The van der Waals surface area contributed by atoms with Gasteiger partial charge >= 0.3 is 0 Å². The summed E-state index contributed by atoms with van der Waals surface area (Å²) in [7, 11) is 0. The summed E-state index contributed by atoms with van der Waals surface area (Å²) in [5.74, 6) is 2.54. The van der Waals surface area contributed by atoms with Crippen LogP contribution in [0.15, 0.2) is 53.1 Å². The molecular formula is C25H26ClFN2O2S. The highest BCUT2D eigenvalue weighted by molar-refractivity contribution is 7.98. The van der Waals surface area contributed by atoms with Crippen LogP contribution in [0.4, 0.5) is 10.1 Å². The molecule has 32 heavy (non-hydrogen) atoms. The molecule has 0 radical (unpaired) electrons. The second-order valence-corrected chi connectivity index (χ2v) is 9.67. The van der Waals surface area contributed by atoms with Crippen molar-refractivity contribution in [1.29, 1.82) is 0 Å². The summed E-state index contributed by atoms with van der Waals surface area (Å²) in [6, 6.07) is 15.0. The Hall–Kier alpha value is -2.31. The fourth-order valence-corrected chi connectivity index (χ4v) is 5.90. The first-order valence-corrected chi connectivity index (χ1v) is 12.4. The molecule has 4 nitrogen and oxygen atoms in total. The van der Waals surface area contributed by atoms with Crippen LogP contribution in [0, 0.1) is 18.7 Å². The fourth-order valence-electron chi connectivity index (χ4n) is 4.47. The second kappa shape index (κ2) is 10.5. The van der Waals surface area contributed by atoms with Gasteiger partial charge in [0.15, 0.2) is 5.76 Å². The number of aromatic nitrogens is 1. The van der Waals surface area contributed by atoms with Gasteiger partial charge in [0, 0.05) is 11.8 Å². The van der Waals surface area contributed by atoms with Crippen molar-refractivity contribution >= 4 is 35.5 Å². The van der Waals surface area contributed by atoms with E-state index in [9.17, 15) is 9.18 Å². The van der Waals surface area contributed by atoms with E-state index in [0.29, 0.717) is 17.4 Å². The van der Waals surface area contributed by atoms with Gasteiger partial charge in [-0.05, 0) is 55.6 Å². The number of rotatable bonds is 8. The maximum absolute atomic E-state index is 14.6. The van der Waals surface area contributed by atoms with E-state index in [1.807, 2.05) is 17.8 Å². The monoisotopic (exact) mass is 472 g/mol. The largest absolute Gasteiger partial charge is 0.359 e. The zero-order valence-corrected chi connectivity index (χ0v) is 19.5. The molecule has 0 N–H and O–H groups in total. The van der Waals surface area contributed by atoms with E-state index in [1.165, 1.54) is 11.6 Å². The van der Waals surface area contributed by atoms with Gasteiger partial charge in [-0.25, -0.2) is 4.39 Å². The Kier molecular flexibility index (Phi) is 7.53. The molecule has 1 heterocycles. The smallest absolute Gasteiger partial charge is 0.214 e. The van der Waals surface area contributed by atoms with E-state index in [0.717, 1.165) is 43.6 Å². The second-order valence-electron chi connectivity index (χ2n) is 8.23. The van der Waals surface area contributed by atoms with Gasteiger partial charge in [0.05, 0.1) is 10.6 Å². The number of carbonyl (C=O) groups excluding carboxylic acids is 1. The number of hydrogen-bond acceptors (Lipinski definition) is 4. The molecule has 1 aliphatic carbocycles. The molecule has 1 saturated carbocycles. The Bertz CT molecular complexity index is 1040. The van der Waals surface area contributed by atoms with Crippen LogP contribution in [0.2, 0.25) is 5.02 Å². The summed E-state index contributed by atoms with van der Waals surface area (Å²) in [4.78, 5) is 13.9. The highest BCUT2D eigenvalue weighted by atomic mass is 35.5. The molecule has 2 aromatic carbocycles. The van der Waals surface area contributed by atoms with Gasteiger partial charge in [0.2, 0.25) is 6.41 Å². The van der Waals surface area contributed by atoms with Crippen molar-refractivity contribution in [3.8, 4) is 11.3 Å². The highest BCUT2D eigenvalue weighted by Gasteiger charge is 2.32. The number of thioether (sulfide) groups is 1. The Labute approximate surface area is 197 Å². The average molecular weight is 473 g/mol. The minimum atomic E-state index is -0.489. The summed E-state index contributed by atoms with van der Waals surface area (Å²) < 4.78 is 20.0. The van der Waals surface area contributed by atoms with Crippen LogP contribution in [-0.4, -0.2) is 23.4 Å². The molecular weight excluding hydrogens is 447 g/mol. The summed E-state index contributed by atoms with van der Waals surface area (Å²) in [6.45, 7) is 1.74. The Balaban J connectivity index is 1.50. The highest BCUT2D eigenvalue weighted by Crippen LogP contribution is 2.41. The lowest BCUT2D eigenvalue weighted by atomic mass is 9.86. The lowest BCUT2D eigenvalue weighted by molar-refractivity contribution is -0.108. The first-order valence-electron chi connectivity index (χ1n) is 10.8. The van der Waals surface area contributed by atoms with Gasteiger partial charge in [0.1, 0.15) is 17.2 Å². The van der Waals surface area contributed by atoms with Gasteiger partial charge in [-0.1, -0.05) is 59.6 Å². The van der Waals surface area contributed by atoms with Crippen LogP contribution in [0.1, 0.15) is 37.0 Å². The molecule has 1 aliphatic rings. The van der Waals surface area contributed by atoms with Crippen LogP contribution in [0.3, 0.4) is 0 Å². The molecule has 1 amide bonds. The quantitative estimate of drug-likeness (QED) is 0.334. The predicted octanol–water partition coefficient (Wildman–Crippen LogP) is 6.90. The van der Waals surface area contributed by atoms with Crippen molar-refractivity contribution in [3.63, 3.8) is 0 Å². The molecule has 0 saturated heterocycles. The van der Waals surface area contributed by atoms with Crippen LogP contribution in [-0.2, 0) is 10.5 Å². The normalized spacial score (nSPS) is 18.5. The molecule has 1 fully saturated rings. The number of hydrogen-bond donors (Lipinski definition) is 0. The number of halogens is 2. The molecule has 2 unspecified atom stereocenters. The van der Waals surface area contributed by atoms with E-state index in [1.54, 1.807) is 24.0 Å². The predicted molar refractivity (Wildman–Crippen MR) is 129 cm³/mol. The Morgan fingerprint density at radius 3 is 2.78 bits per heavy atom. The first kappa shape index (κ1) is 22.9. The van der Waals surface area contributed by atoms with Crippen LogP contribution < -0.4 is 4.90 Å². The molecule has 7 heteroatoms. The zero-order valence-electron chi connectivity index (χ0n) is 18.0. The van der Waals surface area contributed by atoms with E-state index in [-0.39, 0.29) is 22.3 Å². The van der Waals surface area contributed by atoms with Crippen molar-refractivity contribution in [2.75, 3.05) is 10.7 Å². The zero-order chi connectivity index (χ0) is 22.5. The van der Waals surface area contributed by atoms with Gasteiger partial charge in [-0.3, -0.25) is 4.79 Å². The summed E-state index contributed by atoms with van der Waals surface area (Å²) in [6.07, 6.45) is 4.82. The van der Waals surface area contributed by atoms with Crippen LogP contribution in [0.25, 0.3) is 11.3 Å². The van der Waals surface area contributed by atoms with Gasteiger partial charge in [0.25, 0.3) is 0 Å². The molecule has 0 spiro atoms. The molecule has 2 atom stereocenters. The lowest BCUT2D eigenvalue weighted by Gasteiger charge is -2.35. The van der Waals surface area contributed by atoms with Crippen molar-refractivity contribution in [2.45, 2.75) is 44.4 Å².